The first-order valence-electron chi connectivity index (χ1n) is 7.24. The summed E-state index contributed by atoms with van der Waals surface area (Å²) in [7, 11) is 3.93. The Balaban J connectivity index is 2.23. The molecule has 0 aliphatic carbocycles. The molecule has 0 aliphatic rings. The molecule has 3 N–H and O–H groups in total. The average Bonchev–Trinajstić information content (AvgIpc) is 2.53. The molecule has 0 aliphatic heterocycles. The molecule has 2 rings (SSSR count). The number of nitrogens with zero attached hydrogens (tertiary/aromatic N) is 3. The van der Waals surface area contributed by atoms with Crippen molar-refractivity contribution in [3.63, 3.8) is 0 Å². The summed E-state index contributed by atoms with van der Waals surface area (Å²) >= 11 is 0. The van der Waals surface area contributed by atoms with Gasteiger partial charge in [-0.15, -0.1) is 0 Å². The summed E-state index contributed by atoms with van der Waals surface area (Å²) in [5, 5.41) is 13.8. The maximum absolute atomic E-state index is 11.5. The van der Waals surface area contributed by atoms with Crippen molar-refractivity contribution >= 4 is 23.1 Å². The molecule has 8 nitrogen and oxygen atoms in total. The van der Waals surface area contributed by atoms with Crippen LogP contribution in [0.25, 0.3) is 0 Å². The lowest BCUT2D eigenvalue weighted by Gasteiger charge is -2.16. The first-order valence-corrected chi connectivity index (χ1v) is 7.24. The fourth-order valence-corrected chi connectivity index (χ4v) is 2.22. The molecular weight excluding hydrogens is 310 g/mol. The molecule has 1 aromatic heterocycles. The number of amides is 1. The highest BCUT2D eigenvalue weighted by Crippen LogP contribution is 2.21. The Hall–Kier alpha value is -3.16. The Labute approximate surface area is 139 Å². The van der Waals surface area contributed by atoms with E-state index in [1.54, 1.807) is 0 Å². The zero-order valence-electron chi connectivity index (χ0n) is 13.7. The molecule has 1 amide bonds. The van der Waals surface area contributed by atoms with Crippen LogP contribution in [0.2, 0.25) is 0 Å². The predicted octanol–water partition coefficient (Wildman–Crippen LogP) is 2.08. The van der Waals surface area contributed by atoms with E-state index in [-0.39, 0.29) is 17.1 Å². The highest BCUT2D eigenvalue weighted by molar-refractivity contribution is 5.98. The van der Waals surface area contributed by atoms with Crippen LogP contribution in [0.15, 0.2) is 30.5 Å². The lowest BCUT2D eigenvalue weighted by Crippen LogP contribution is -2.16. The number of carbonyl (C=O) groups is 1. The van der Waals surface area contributed by atoms with Crippen LogP contribution >= 0.6 is 0 Å². The number of nitro groups is 1. The van der Waals surface area contributed by atoms with Crippen molar-refractivity contribution in [1.29, 1.82) is 0 Å². The largest absolute Gasteiger partial charge is 0.378 e. The van der Waals surface area contributed by atoms with Crippen LogP contribution in [0.5, 0.6) is 0 Å². The molecule has 0 spiro atoms. The van der Waals surface area contributed by atoms with Crippen molar-refractivity contribution < 1.29 is 9.72 Å². The lowest BCUT2D eigenvalue weighted by molar-refractivity contribution is -0.385. The summed E-state index contributed by atoms with van der Waals surface area (Å²) < 4.78 is 0. The SMILES string of the molecule is Cc1cc(N(C)C)ccc1CNc1ncc([N+](=O)[O-])cc1C(N)=O. The quantitative estimate of drug-likeness (QED) is 0.619. The number of aryl methyl sites for hydroxylation is 1. The van der Waals surface area contributed by atoms with Gasteiger partial charge >= 0.3 is 0 Å². The molecule has 0 fully saturated rings. The van der Waals surface area contributed by atoms with Crippen LogP contribution in [0.3, 0.4) is 0 Å². The summed E-state index contributed by atoms with van der Waals surface area (Å²) in [4.78, 5) is 27.6. The first-order chi connectivity index (χ1) is 11.3. The van der Waals surface area contributed by atoms with Crippen molar-refractivity contribution in [1.82, 2.24) is 4.98 Å². The number of pyridine rings is 1. The van der Waals surface area contributed by atoms with Crippen LogP contribution in [0, 0.1) is 17.0 Å². The molecule has 0 atom stereocenters. The van der Waals surface area contributed by atoms with E-state index >= 15 is 0 Å². The van der Waals surface area contributed by atoms with Crippen LogP contribution in [-0.2, 0) is 6.54 Å². The summed E-state index contributed by atoms with van der Waals surface area (Å²) in [6.45, 7) is 2.41. The van der Waals surface area contributed by atoms with Gasteiger partial charge in [-0.3, -0.25) is 14.9 Å². The normalized spacial score (nSPS) is 10.3. The van der Waals surface area contributed by atoms with E-state index in [0.29, 0.717) is 6.54 Å². The van der Waals surface area contributed by atoms with E-state index in [4.69, 9.17) is 5.73 Å². The molecule has 24 heavy (non-hydrogen) atoms. The third kappa shape index (κ3) is 3.78. The fraction of sp³-hybridized carbons (Fsp3) is 0.250. The number of nitrogens with one attached hydrogen (secondary N) is 1. The second-order valence-electron chi connectivity index (χ2n) is 5.57. The standard InChI is InChI=1S/C16H19N5O3/c1-10-6-12(20(2)3)5-4-11(10)8-18-16-14(15(17)22)7-13(9-19-16)21(23)24/h4-7,9H,8H2,1-3H3,(H2,17,22)(H,18,19). The number of nitrogens with two attached hydrogens (primary N) is 1. The molecule has 0 bridgehead atoms. The third-order valence-corrected chi connectivity index (χ3v) is 3.64. The molecule has 8 heteroatoms. The monoisotopic (exact) mass is 329 g/mol. The van der Waals surface area contributed by atoms with Crippen molar-refractivity contribution in [2.24, 2.45) is 5.73 Å². The topological polar surface area (TPSA) is 114 Å². The smallest absolute Gasteiger partial charge is 0.288 e. The highest BCUT2D eigenvalue weighted by atomic mass is 16.6. The maximum Gasteiger partial charge on any atom is 0.288 e. The van der Waals surface area contributed by atoms with E-state index in [1.807, 2.05) is 38.1 Å². The van der Waals surface area contributed by atoms with E-state index in [1.165, 1.54) is 0 Å². The lowest BCUT2D eigenvalue weighted by atomic mass is 10.1. The molecule has 1 aromatic carbocycles. The van der Waals surface area contributed by atoms with E-state index in [0.717, 1.165) is 29.1 Å². The zero-order valence-corrected chi connectivity index (χ0v) is 13.7. The van der Waals surface area contributed by atoms with Crippen molar-refractivity contribution in [2.45, 2.75) is 13.5 Å². The number of carbonyl (C=O) groups excluding carboxylic acids is 1. The van der Waals surface area contributed by atoms with Gasteiger partial charge in [0.1, 0.15) is 12.0 Å². The van der Waals surface area contributed by atoms with Gasteiger partial charge < -0.3 is 16.0 Å². The van der Waals surface area contributed by atoms with Gasteiger partial charge in [0.2, 0.25) is 0 Å². The maximum atomic E-state index is 11.5. The fourth-order valence-electron chi connectivity index (χ4n) is 2.22. The van der Waals surface area contributed by atoms with E-state index in [9.17, 15) is 14.9 Å². The molecule has 0 saturated heterocycles. The summed E-state index contributed by atoms with van der Waals surface area (Å²) in [6, 6.07) is 7.14. The third-order valence-electron chi connectivity index (χ3n) is 3.64. The number of hydrogen-bond donors (Lipinski definition) is 2. The molecular formula is C16H19N5O3. The van der Waals surface area contributed by atoms with Gasteiger partial charge in [-0.1, -0.05) is 6.07 Å². The Morgan fingerprint density at radius 2 is 2.08 bits per heavy atom. The number of rotatable bonds is 6. The summed E-state index contributed by atoms with van der Waals surface area (Å²) in [6.07, 6.45) is 1.09. The van der Waals surface area contributed by atoms with Crippen molar-refractivity contribution in [2.75, 3.05) is 24.3 Å². The number of primary amides is 1. The Morgan fingerprint density at radius 1 is 1.38 bits per heavy atom. The minimum absolute atomic E-state index is 0.00763. The Morgan fingerprint density at radius 3 is 2.62 bits per heavy atom. The Bertz CT molecular complexity index is 789. The minimum Gasteiger partial charge on any atom is -0.378 e. The highest BCUT2D eigenvalue weighted by Gasteiger charge is 2.16. The minimum atomic E-state index is -0.770. The van der Waals surface area contributed by atoms with Crippen LogP contribution in [-0.4, -0.2) is 29.9 Å². The van der Waals surface area contributed by atoms with E-state index in [2.05, 4.69) is 16.4 Å². The number of hydrogen-bond acceptors (Lipinski definition) is 6. The molecule has 0 unspecified atom stereocenters. The van der Waals surface area contributed by atoms with Gasteiger partial charge in [-0.25, -0.2) is 4.98 Å². The van der Waals surface area contributed by atoms with Crippen molar-refractivity contribution in [3.8, 4) is 0 Å². The van der Waals surface area contributed by atoms with Gasteiger partial charge in [0, 0.05) is 32.4 Å². The van der Waals surface area contributed by atoms with Crippen molar-refractivity contribution in [3.05, 3.63) is 57.3 Å². The number of benzene rings is 1. The number of aromatic nitrogens is 1. The second kappa shape index (κ2) is 6.95. The number of anilines is 2. The summed E-state index contributed by atoms with van der Waals surface area (Å²) in [5.41, 5.74) is 8.19. The molecule has 2 aromatic rings. The van der Waals surface area contributed by atoms with Gasteiger partial charge in [0.05, 0.1) is 10.5 Å². The van der Waals surface area contributed by atoms with Gasteiger partial charge in [-0.2, -0.15) is 0 Å². The average molecular weight is 329 g/mol. The first kappa shape index (κ1) is 17.2. The van der Waals surface area contributed by atoms with Gasteiger partial charge in [0.15, 0.2) is 0 Å². The van der Waals surface area contributed by atoms with E-state index < -0.39 is 10.8 Å². The molecule has 0 saturated carbocycles. The molecule has 0 radical (unpaired) electrons. The van der Waals surface area contributed by atoms with Crippen LogP contribution < -0.4 is 16.0 Å². The van der Waals surface area contributed by atoms with Crippen LogP contribution in [0.4, 0.5) is 17.2 Å². The Kier molecular flexibility index (Phi) is 4.98. The zero-order chi connectivity index (χ0) is 17.9. The van der Waals surface area contributed by atoms with Gasteiger partial charge in [-0.05, 0) is 30.2 Å². The molecule has 126 valence electrons. The molecule has 1 heterocycles. The summed E-state index contributed by atoms with van der Waals surface area (Å²) in [5.74, 6) is -0.544. The van der Waals surface area contributed by atoms with Gasteiger partial charge in [0.25, 0.3) is 11.6 Å². The predicted molar refractivity (Wildman–Crippen MR) is 92.2 cm³/mol. The van der Waals surface area contributed by atoms with Crippen LogP contribution in [0.1, 0.15) is 21.5 Å². The second-order valence-corrected chi connectivity index (χ2v) is 5.57.